The second-order valence-electron chi connectivity index (χ2n) is 4.45. The van der Waals surface area contributed by atoms with E-state index in [1.54, 1.807) is 0 Å². The molecule has 1 fully saturated rings. The molecule has 1 aliphatic heterocycles. The van der Waals surface area contributed by atoms with Crippen LogP contribution in [0.5, 0.6) is 0 Å². The summed E-state index contributed by atoms with van der Waals surface area (Å²) in [4.78, 5) is 0. The SMILES string of the molecule is CCC1CC(NCc2ccnn2C)CCO1. The third-order valence-corrected chi connectivity index (χ3v) is 3.32. The number of nitrogens with one attached hydrogen (secondary N) is 1. The van der Waals surface area contributed by atoms with Crippen LogP contribution in [-0.2, 0) is 18.3 Å². The number of aromatic nitrogens is 2. The predicted octanol–water partition coefficient (Wildman–Crippen LogP) is 1.47. The van der Waals surface area contributed by atoms with Gasteiger partial charge in [-0.25, -0.2) is 0 Å². The molecule has 2 heterocycles. The lowest BCUT2D eigenvalue weighted by Gasteiger charge is -2.29. The van der Waals surface area contributed by atoms with Gasteiger partial charge in [0.2, 0.25) is 0 Å². The number of hydrogen-bond donors (Lipinski definition) is 1. The molecule has 0 bridgehead atoms. The molecule has 0 aromatic carbocycles. The van der Waals surface area contributed by atoms with Crippen LogP contribution >= 0.6 is 0 Å². The summed E-state index contributed by atoms with van der Waals surface area (Å²) in [6.45, 7) is 3.98. The van der Waals surface area contributed by atoms with Gasteiger partial charge in [-0.05, 0) is 25.3 Å². The summed E-state index contributed by atoms with van der Waals surface area (Å²) in [6, 6.07) is 2.65. The van der Waals surface area contributed by atoms with Crippen molar-refractivity contribution in [3.05, 3.63) is 18.0 Å². The van der Waals surface area contributed by atoms with Gasteiger partial charge in [-0.3, -0.25) is 4.68 Å². The Kier molecular flexibility index (Phi) is 3.96. The fourth-order valence-electron chi connectivity index (χ4n) is 2.17. The highest BCUT2D eigenvalue weighted by Crippen LogP contribution is 2.16. The Hall–Kier alpha value is -0.870. The molecule has 1 aromatic rings. The van der Waals surface area contributed by atoms with Crippen molar-refractivity contribution in [2.24, 2.45) is 7.05 Å². The number of ether oxygens (including phenoxy) is 1. The molecule has 2 rings (SSSR count). The van der Waals surface area contributed by atoms with Crippen LogP contribution in [0.15, 0.2) is 12.3 Å². The summed E-state index contributed by atoms with van der Waals surface area (Å²) < 4.78 is 7.58. The lowest BCUT2D eigenvalue weighted by molar-refractivity contribution is -0.000408. The van der Waals surface area contributed by atoms with Crippen LogP contribution in [0.3, 0.4) is 0 Å². The summed E-state index contributed by atoms with van der Waals surface area (Å²) >= 11 is 0. The van der Waals surface area contributed by atoms with Crippen molar-refractivity contribution in [3.8, 4) is 0 Å². The van der Waals surface area contributed by atoms with Gasteiger partial charge in [-0.1, -0.05) is 6.92 Å². The van der Waals surface area contributed by atoms with E-state index in [1.807, 2.05) is 17.9 Å². The first-order valence-electron chi connectivity index (χ1n) is 6.11. The number of nitrogens with zero attached hydrogens (tertiary/aromatic N) is 2. The average molecular weight is 223 g/mol. The molecule has 1 N–H and O–H groups in total. The van der Waals surface area contributed by atoms with E-state index < -0.39 is 0 Å². The van der Waals surface area contributed by atoms with Crippen LogP contribution in [-0.4, -0.2) is 28.5 Å². The number of hydrogen-bond acceptors (Lipinski definition) is 3. The minimum Gasteiger partial charge on any atom is -0.378 e. The molecule has 0 radical (unpaired) electrons. The monoisotopic (exact) mass is 223 g/mol. The van der Waals surface area contributed by atoms with Gasteiger partial charge < -0.3 is 10.1 Å². The molecule has 0 aliphatic carbocycles. The molecule has 16 heavy (non-hydrogen) atoms. The van der Waals surface area contributed by atoms with Crippen molar-refractivity contribution < 1.29 is 4.74 Å². The Morgan fingerprint density at radius 3 is 3.19 bits per heavy atom. The van der Waals surface area contributed by atoms with Crippen LogP contribution in [0.2, 0.25) is 0 Å². The zero-order valence-corrected chi connectivity index (χ0v) is 10.1. The molecule has 1 saturated heterocycles. The van der Waals surface area contributed by atoms with Gasteiger partial charge in [0, 0.05) is 32.4 Å². The fraction of sp³-hybridized carbons (Fsp3) is 0.750. The molecule has 90 valence electrons. The molecule has 2 atom stereocenters. The summed E-state index contributed by atoms with van der Waals surface area (Å²) in [6.07, 6.45) is 5.65. The van der Waals surface area contributed by atoms with E-state index in [0.29, 0.717) is 12.1 Å². The Labute approximate surface area is 97.0 Å². The average Bonchev–Trinajstić information content (AvgIpc) is 2.72. The maximum atomic E-state index is 5.66. The highest BCUT2D eigenvalue weighted by Gasteiger charge is 2.20. The smallest absolute Gasteiger partial charge is 0.0587 e. The quantitative estimate of drug-likeness (QED) is 0.840. The second kappa shape index (κ2) is 5.46. The number of rotatable bonds is 4. The van der Waals surface area contributed by atoms with Crippen molar-refractivity contribution in [3.63, 3.8) is 0 Å². The van der Waals surface area contributed by atoms with Crippen molar-refractivity contribution in [1.82, 2.24) is 15.1 Å². The van der Waals surface area contributed by atoms with E-state index in [4.69, 9.17) is 4.74 Å². The first kappa shape index (κ1) is 11.6. The van der Waals surface area contributed by atoms with Gasteiger partial charge in [0.05, 0.1) is 11.8 Å². The summed E-state index contributed by atoms with van der Waals surface area (Å²) in [5.41, 5.74) is 1.24. The number of aryl methyl sites for hydroxylation is 1. The molecule has 1 aliphatic rings. The van der Waals surface area contributed by atoms with Crippen molar-refractivity contribution >= 4 is 0 Å². The molecule has 4 nitrogen and oxygen atoms in total. The third-order valence-electron chi connectivity index (χ3n) is 3.32. The normalized spacial score (nSPS) is 25.9. The molecule has 0 saturated carbocycles. The minimum absolute atomic E-state index is 0.442. The van der Waals surface area contributed by atoms with Crippen molar-refractivity contribution in [2.45, 2.75) is 44.9 Å². The third kappa shape index (κ3) is 2.83. The van der Waals surface area contributed by atoms with Crippen LogP contribution in [0, 0.1) is 0 Å². The van der Waals surface area contributed by atoms with Gasteiger partial charge in [0.15, 0.2) is 0 Å². The lowest BCUT2D eigenvalue weighted by Crippen LogP contribution is -2.38. The van der Waals surface area contributed by atoms with Crippen LogP contribution < -0.4 is 5.32 Å². The summed E-state index contributed by atoms with van der Waals surface area (Å²) in [7, 11) is 1.98. The highest BCUT2D eigenvalue weighted by molar-refractivity contribution is 4.99. The minimum atomic E-state index is 0.442. The van der Waals surface area contributed by atoms with Gasteiger partial charge in [-0.15, -0.1) is 0 Å². The van der Waals surface area contributed by atoms with Gasteiger partial charge in [0.1, 0.15) is 0 Å². The maximum absolute atomic E-state index is 5.66. The topological polar surface area (TPSA) is 39.1 Å². The van der Waals surface area contributed by atoms with Crippen molar-refractivity contribution in [2.75, 3.05) is 6.61 Å². The fourth-order valence-corrected chi connectivity index (χ4v) is 2.17. The Morgan fingerprint density at radius 1 is 1.62 bits per heavy atom. The Bertz CT molecular complexity index is 324. The molecule has 4 heteroatoms. The van der Waals surface area contributed by atoms with Crippen LogP contribution in [0.25, 0.3) is 0 Å². The largest absolute Gasteiger partial charge is 0.378 e. The molecule has 0 amide bonds. The molecule has 1 aromatic heterocycles. The highest BCUT2D eigenvalue weighted by atomic mass is 16.5. The van der Waals surface area contributed by atoms with E-state index in [2.05, 4.69) is 23.4 Å². The molecular weight excluding hydrogens is 202 g/mol. The zero-order chi connectivity index (χ0) is 11.4. The van der Waals surface area contributed by atoms with E-state index >= 15 is 0 Å². The Morgan fingerprint density at radius 2 is 2.50 bits per heavy atom. The van der Waals surface area contributed by atoms with E-state index in [0.717, 1.165) is 32.4 Å². The predicted molar refractivity (Wildman–Crippen MR) is 63.1 cm³/mol. The molecule has 0 spiro atoms. The van der Waals surface area contributed by atoms with E-state index in [1.165, 1.54) is 5.69 Å². The van der Waals surface area contributed by atoms with Crippen molar-refractivity contribution in [1.29, 1.82) is 0 Å². The van der Waals surface area contributed by atoms with Gasteiger partial charge >= 0.3 is 0 Å². The maximum Gasteiger partial charge on any atom is 0.0587 e. The summed E-state index contributed by atoms with van der Waals surface area (Å²) in [5.74, 6) is 0. The lowest BCUT2D eigenvalue weighted by atomic mass is 10.0. The molecular formula is C12H21N3O. The zero-order valence-electron chi connectivity index (χ0n) is 10.1. The molecule has 2 unspecified atom stereocenters. The van der Waals surface area contributed by atoms with Gasteiger partial charge in [0.25, 0.3) is 0 Å². The Balaban J connectivity index is 1.79. The van der Waals surface area contributed by atoms with E-state index in [9.17, 15) is 0 Å². The standard InChI is InChI=1S/C12H21N3O/c1-3-12-8-10(5-7-16-12)13-9-11-4-6-14-15(11)2/h4,6,10,12-13H,3,5,7-9H2,1-2H3. The second-order valence-corrected chi connectivity index (χ2v) is 4.45. The summed E-state index contributed by atoms with van der Waals surface area (Å²) in [5, 5.41) is 7.75. The van der Waals surface area contributed by atoms with E-state index in [-0.39, 0.29) is 0 Å². The first-order chi connectivity index (χ1) is 7.79. The van der Waals surface area contributed by atoms with Crippen LogP contribution in [0.4, 0.5) is 0 Å². The van der Waals surface area contributed by atoms with Gasteiger partial charge in [-0.2, -0.15) is 5.10 Å². The van der Waals surface area contributed by atoms with Crippen LogP contribution in [0.1, 0.15) is 31.9 Å². The first-order valence-corrected chi connectivity index (χ1v) is 6.11.